The first kappa shape index (κ1) is 65.2. The van der Waals surface area contributed by atoms with Crippen molar-refractivity contribution in [3.63, 3.8) is 0 Å². The lowest BCUT2D eigenvalue weighted by Gasteiger charge is -2.21. The van der Waals surface area contributed by atoms with E-state index in [4.69, 9.17) is 23.3 Å². The first-order chi connectivity index (χ1) is 33.2. The van der Waals surface area contributed by atoms with Gasteiger partial charge in [-0.2, -0.15) is 0 Å². The van der Waals surface area contributed by atoms with E-state index < -0.39 is 57.8 Å². The van der Waals surface area contributed by atoms with Gasteiger partial charge in [-0.15, -0.1) is 0 Å². The van der Waals surface area contributed by atoms with Gasteiger partial charge >= 0.3 is 25.7 Å². The SMILES string of the molecule is CC/C=C\C/C=C\C/C=C\C/C=C\C/C=C\CC(=O)OC(CO)COP(=O)(O)OCC(COC(=O)CCCCCCCCCCC)OC(=O)CCCCCCCCCCCCCCCCCCC. The molecule has 0 amide bonds. The standard InChI is InChI=1S/C56H99O11P/c1-4-7-10-13-16-19-21-23-25-26-28-30-32-35-38-41-44-47-56(60)67-53(49-63-54(58)45-42-39-36-33-18-15-12-9-6-3)51-65-68(61,62)64-50-52(48-57)66-55(59)46-43-40-37-34-31-29-27-24-22-20-17-14-11-8-5-2/h8,11,17,20,24,27,31,34,40,43,52-53,57H,4-7,9-10,12-16,18-19,21-23,25-26,28-30,32-33,35-39,41-42,44-51H2,1-3H3,(H,61,62)/b11-8-,20-17-,27-24-,34-31-,43-40-. The molecular formula is C56H99O11P. The van der Waals surface area contributed by atoms with Crippen molar-refractivity contribution in [1.29, 1.82) is 0 Å². The van der Waals surface area contributed by atoms with Gasteiger partial charge < -0.3 is 24.2 Å². The molecule has 394 valence electrons. The van der Waals surface area contributed by atoms with Crippen molar-refractivity contribution in [3.8, 4) is 0 Å². The highest BCUT2D eigenvalue weighted by Gasteiger charge is 2.28. The van der Waals surface area contributed by atoms with Crippen LogP contribution in [0.3, 0.4) is 0 Å². The Kier molecular flexibility index (Phi) is 48.5. The highest BCUT2D eigenvalue weighted by atomic mass is 31.2. The predicted octanol–water partition coefficient (Wildman–Crippen LogP) is 15.6. The number of esters is 3. The number of phosphoric ester groups is 1. The van der Waals surface area contributed by atoms with Gasteiger partial charge in [0.1, 0.15) is 12.7 Å². The Bertz CT molecular complexity index is 1370. The lowest BCUT2D eigenvalue weighted by atomic mass is 10.0. The van der Waals surface area contributed by atoms with E-state index in [1.54, 1.807) is 6.08 Å². The molecule has 0 spiro atoms. The summed E-state index contributed by atoms with van der Waals surface area (Å²) in [7, 11) is -4.76. The summed E-state index contributed by atoms with van der Waals surface area (Å²) >= 11 is 0. The van der Waals surface area contributed by atoms with Crippen molar-refractivity contribution in [2.45, 2.75) is 251 Å². The molecular weight excluding hydrogens is 880 g/mol. The number of aliphatic hydroxyl groups excluding tert-OH is 1. The lowest BCUT2D eigenvalue weighted by Crippen LogP contribution is -2.30. The molecule has 0 aliphatic heterocycles. The van der Waals surface area contributed by atoms with Gasteiger partial charge in [-0.05, 0) is 44.9 Å². The molecule has 0 fully saturated rings. The summed E-state index contributed by atoms with van der Waals surface area (Å²) in [6, 6.07) is 0. The second-order valence-corrected chi connectivity index (χ2v) is 19.5. The van der Waals surface area contributed by atoms with Gasteiger partial charge in [0.25, 0.3) is 0 Å². The van der Waals surface area contributed by atoms with Crippen LogP contribution in [-0.4, -0.2) is 66.5 Å². The van der Waals surface area contributed by atoms with Crippen LogP contribution >= 0.6 is 7.82 Å². The summed E-state index contributed by atoms with van der Waals surface area (Å²) in [6.45, 7) is 4.41. The van der Waals surface area contributed by atoms with Gasteiger partial charge in [0.05, 0.1) is 26.2 Å². The first-order valence-corrected chi connectivity index (χ1v) is 28.7. The number of ether oxygens (including phenoxy) is 3. The minimum Gasteiger partial charge on any atom is -0.462 e. The van der Waals surface area contributed by atoms with Crippen molar-refractivity contribution in [1.82, 2.24) is 0 Å². The van der Waals surface area contributed by atoms with Crippen molar-refractivity contribution >= 4 is 25.7 Å². The minimum absolute atomic E-state index is 0.0539. The van der Waals surface area contributed by atoms with E-state index in [0.717, 1.165) is 64.2 Å². The Balaban J connectivity index is 4.73. The monoisotopic (exact) mass is 979 g/mol. The number of rotatable bonds is 50. The van der Waals surface area contributed by atoms with Crippen LogP contribution in [0.15, 0.2) is 60.8 Å². The summed E-state index contributed by atoms with van der Waals surface area (Å²) in [6.07, 6.45) is 53.7. The van der Waals surface area contributed by atoms with Gasteiger partial charge in [-0.25, -0.2) is 4.57 Å². The molecule has 0 rings (SSSR count). The van der Waals surface area contributed by atoms with Crippen LogP contribution < -0.4 is 0 Å². The van der Waals surface area contributed by atoms with E-state index in [0.29, 0.717) is 19.3 Å². The van der Waals surface area contributed by atoms with Crippen LogP contribution in [0, 0.1) is 0 Å². The fourth-order valence-electron chi connectivity index (χ4n) is 7.37. The van der Waals surface area contributed by atoms with Crippen LogP contribution in [0.25, 0.3) is 0 Å². The molecule has 0 aromatic carbocycles. The normalized spacial score (nSPS) is 13.9. The summed E-state index contributed by atoms with van der Waals surface area (Å²) < 4.78 is 39.2. The summed E-state index contributed by atoms with van der Waals surface area (Å²) in [4.78, 5) is 48.2. The summed E-state index contributed by atoms with van der Waals surface area (Å²) in [5.41, 5.74) is 0. The number of phosphoric acid groups is 1. The Labute approximate surface area is 415 Å². The molecule has 68 heavy (non-hydrogen) atoms. The molecule has 0 aromatic heterocycles. The molecule has 0 bridgehead atoms. The third-order valence-electron chi connectivity index (χ3n) is 11.5. The maximum absolute atomic E-state index is 12.8. The fourth-order valence-corrected chi connectivity index (χ4v) is 8.16. The number of hydrogen-bond donors (Lipinski definition) is 2. The molecule has 0 saturated heterocycles. The maximum atomic E-state index is 12.8. The molecule has 0 aromatic rings. The van der Waals surface area contributed by atoms with Gasteiger partial charge in [0.2, 0.25) is 0 Å². The maximum Gasteiger partial charge on any atom is 0.472 e. The third kappa shape index (κ3) is 48.2. The van der Waals surface area contributed by atoms with E-state index >= 15 is 0 Å². The molecule has 3 atom stereocenters. The van der Waals surface area contributed by atoms with Crippen LogP contribution in [0.1, 0.15) is 239 Å². The van der Waals surface area contributed by atoms with Gasteiger partial charge in [0, 0.05) is 12.8 Å². The number of carbonyl (C=O) groups excluding carboxylic acids is 3. The topological polar surface area (TPSA) is 155 Å². The third-order valence-corrected chi connectivity index (χ3v) is 12.4. The molecule has 0 heterocycles. The number of hydrogen-bond acceptors (Lipinski definition) is 10. The summed E-state index contributed by atoms with van der Waals surface area (Å²) in [5.74, 6) is -1.59. The number of aliphatic hydroxyl groups is 1. The zero-order valence-corrected chi connectivity index (χ0v) is 44.2. The van der Waals surface area contributed by atoms with E-state index in [9.17, 15) is 28.9 Å². The Morgan fingerprint density at radius 3 is 1.16 bits per heavy atom. The molecule has 12 heteroatoms. The zero-order chi connectivity index (χ0) is 49.9. The Hall–Kier alpha value is -2.82. The van der Waals surface area contributed by atoms with E-state index in [-0.39, 0.29) is 25.9 Å². The first-order valence-electron chi connectivity index (χ1n) is 27.2. The second kappa shape index (κ2) is 50.6. The number of allylic oxidation sites excluding steroid dienone is 9. The molecule has 11 nitrogen and oxygen atoms in total. The second-order valence-electron chi connectivity index (χ2n) is 18.0. The van der Waals surface area contributed by atoms with Crippen molar-refractivity contribution in [2.75, 3.05) is 26.4 Å². The predicted molar refractivity (Wildman–Crippen MR) is 279 cm³/mol. The van der Waals surface area contributed by atoms with E-state index in [2.05, 4.69) is 57.2 Å². The van der Waals surface area contributed by atoms with Gasteiger partial charge in [0.15, 0.2) is 6.10 Å². The van der Waals surface area contributed by atoms with Crippen LogP contribution in [-0.2, 0) is 42.2 Å². The smallest absolute Gasteiger partial charge is 0.462 e. The molecule has 0 saturated carbocycles. The zero-order valence-electron chi connectivity index (χ0n) is 43.3. The van der Waals surface area contributed by atoms with Crippen molar-refractivity contribution < 1.29 is 52.2 Å². The average molecular weight is 979 g/mol. The average Bonchev–Trinajstić information content (AvgIpc) is 3.32. The summed E-state index contributed by atoms with van der Waals surface area (Å²) in [5, 5.41) is 9.76. The van der Waals surface area contributed by atoms with E-state index in [1.165, 1.54) is 116 Å². The van der Waals surface area contributed by atoms with Gasteiger partial charge in [-0.3, -0.25) is 23.4 Å². The van der Waals surface area contributed by atoms with Crippen LogP contribution in [0.2, 0.25) is 0 Å². The minimum atomic E-state index is -4.76. The van der Waals surface area contributed by atoms with Crippen LogP contribution in [0.5, 0.6) is 0 Å². The Morgan fingerprint density at radius 1 is 0.426 bits per heavy atom. The fraction of sp³-hybridized carbons (Fsp3) is 0.768. The molecule has 0 aliphatic rings. The van der Waals surface area contributed by atoms with Crippen LogP contribution in [0.4, 0.5) is 0 Å². The quantitative estimate of drug-likeness (QED) is 0.0197. The number of unbranched alkanes of at least 4 members (excludes halogenated alkanes) is 24. The molecule has 0 radical (unpaired) electrons. The lowest BCUT2D eigenvalue weighted by molar-refractivity contribution is -0.161. The van der Waals surface area contributed by atoms with Crippen molar-refractivity contribution in [3.05, 3.63) is 60.8 Å². The molecule has 2 N–H and O–H groups in total. The molecule has 0 aliphatic carbocycles. The largest absolute Gasteiger partial charge is 0.472 e. The number of carbonyl (C=O) groups is 3. The highest BCUT2D eigenvalue weighted by molar-refractivity contribution is 7.47. The Morgan fingerprint density at radius 2 is 0.765 bits per heavy atom. The van der Waals surface area contributed by atoms with Crippen molar-refractivity contribution in [2.24, 2.45) is 0 Å². The molecule has 3 unspecified atom stereocenters. The highest BCUT2D eigenvalue weighted by Crippen LogP contribution is 2.43. The van der Waals surface area contributed by atoms with Gasteiger partial charge in [-0.1, -0.05) is 236 Å². The van der Waals surface area contributed by atoms with E-state index in [1.807, 2.05) is 18.2 Å².